The predicted octanol–water partition coefficient (Wildman–Crippen LogP) is 4.37. The van der Waals surface area contributed by atoms with Crippen molar-refractivity contribution in [2.75, 3.05) is 38.2 Å². The first kappa shape index (κ1) is 25.4. The quantitative estimate of drug-likeness (QED) is 0.610. The maximum atomic E-state index is 13.2. The van der Waals surface area contributed by atoms with Crippen LogP contribution in [-0.2, 0) is 0 Å². The van der Waals surface area contributed by atoms with E-state index in [0.29, 0.717) is 28.0 Å². The summed E-state index contributed by atoms with van der Waals surface area (Å²) in [4.78, 5) is 15.7. The second kappa shape index (κ2) is 9.25. The van der Waals surface area contributed by atoms with Gasteiger partial charge in [-0.15, -0.1) is 0 Å². The molecule has 1 amide bonds. The Morgan fingerprint density at radius 1 is 1.05 bits per heavy atom. The van der Waals surface area contributed by atoms with Gasteiger partial charge in [-0.2, -0.15) is 5.26 Å². The molecule has 0 atom stereocenters. The van der Waals surface area contributed by atoms with Gasteiger partial charge in [-0.3, -0.25) is 4.79 Å². The molecule has 1 saturated carbocycles. The summed E-state index contributed by atoms with van der Waals surface area (Å²) in [6, 6.07) is 15.4. The number of hydrogen-bond donors (Lipinski definition) is 2. The number of benzene rings is 2. The monoisotopic (exact) mass is 502 g/mol. The average molecular weight is 503 g/mol. The van der Waals surface area contributed by atoms with E-state index in [1.807, 2.05) is 12.1 Å². The standard InChI is InChI=1S/C30H38N4O3/c1-28(2)26(29(3,4)27(28)37-23-11-8-21(17-31)24(16-23)36-5)33-25(35)20-6-9-22(10-7-20)34-18-30(19-34)12-14-32-15-13-30/h6-11,16,26-27,32H,12-15,18-19H2,1-5H3,(H,33,35). The number of carbonyl (C=O) groups excluding carboxylic acids is 1. The lowest BCUT2D eigenvalue weighted by atomic mass is 9.49. The molecule has 0 unspecified atom stereocenters. The lowest BCUT2D eigenvalue weighted by Crippen LogP contribution is -2.74. The van der Waals surface area contributed by atoms with Crippen LogP contribution in [0.3, 0.4) is 0 Å². The number of piperidine rings is 1. The summed E-state index contributed by atoms with van der Waals surface area (Å²) in [7, 11) is 1.55. The van der Waals surface area contributed by atoms with E-state index < -0.39 is 0 Å². The van der Waals surface area contributed by atoms with Gasteiger partial charge in [-0.05, 0) is 62.3 Å². The fourth-order valence-corrected chi connectivity index (χ4v) is 7.03. The molecule has 2 aliphatic heterocycles. The molecule has 0 bridgehead atoms. The van der Waals surface area contributed by atoms with E-state index in [1.165, 1.54) is 18.5 Å². The van der Waals surface area contributed by atoms with Gasteiger partial charge in [-0.25, -0.2) is 0 Å². The zero-order chi connectivity index (χ0) is 26.4. The topological polar surface area (TPSA) is 86.6 Å². The number of carbonyl (C=O) groups is 1. The van der Waals surface area contributed by atoms with Crippen LogP contribution in [0.5, 0.6) is 11.5 Å². The molecule has 5 rings (SSSR count). The maximum absolute atomic E-state index is 13.2. The Morgan fingerprint density at radius 2 is 1.70 bits per heavy atom. The summed E-state index contributed by atoms with van der Waals surface area (Å²) in [5.74, 6) is 1.08. The first-order chi connectivity index (χ1) is 17.6. The number of ether oxygens (including phenoxy) is 2. The second-order valence-electron chi connectivity index (χ2n) is 12.2. The Kier molecular flexibility index (Phi) is 6.35. The lowest BCUT2D eigenvalue weighted by Gasteiger charge is -2.63. The van der Waals surface area contributed by atoms with Crippen molar-refractivity contribution in [1.29, 1.82) is 5.26 Å². The van der Waals surface area contributed by atoms with E-state index in [-0.39, 0.29) is 28.9 Å². The smallest absolute Gasteiger partial charge is 0.251 e. The van der Waals surface area contributed by atoms with E-state index in [0.717, 1.165) is 26.2 Å². The van der Waals surface area contributed by atoms with E-state index in [4.69, 9.17) is 9.47 Å². The van der Waals surface area contributed by atoms with Crippen molar-refractivity contribution in [3.05, 3.63) is 53.6 Å². The summed E-state index contributed by atoms with van der Waals surface area (Å²) < 4.78 is 11.7. The van der Waals surface area contributed by atoms with Crippen molar-refractivity contribution < 1.29 is 14.3 Å². The highest BCUT2D eigenvalue weighted by atomic mass is 16.5. The molecule has 3 aliphatic rings. The number of nitriles is 1. The van der Waals surface area contributed by atoms with E-state index >= 15 is 0 Å². The molecule has 2 aromatic rings. The van der Waals surface area contributed by atoms with Crippen molar-refractivity contribution in [3.8, 4) is 17.6 Å². The van der Waals surface area contributed by atoms with Crippen molar-refractivity contribution in [1.82, 2.24) is 10.6 Å². The van der Waals surface area contributed by atoms with Crippen LogP contribution in [-0.4, -0.2) is 51.3 Å². The van der Waals surface area contributed by atoms with E-state index in [9.17, 15) is 10.1 Å². The number of amides is 1. The fraction of sp³-hybridized carbons (Fsp3) is 0.533. The molecule has 196 valence electrons. The molecule has 37 heavy (non-hydrogen) atoms. The molecule has 0 radical (unpaired) electrons. The third kappa shape index (κ3) is 4.42. The molecule has 2 heterocycles. The Bertz CT molecular complexity index is 1180. The van der Waals surface area contributed by atoms with Crippen LogP contribution in [0, 0.1) is 27.6 Å². The summed E-state index contributed by atoms with van der Waals surface area (Å²) in [5, 5.41) is 16.0. The SMILES string of the molecule is COc1cc(OC2C(C)(C)C(NC(=O)c3ccc(N4CC5(CCNCC5)C4)cc3)C2(C)C)ccc1C#N. The molecular weight excluding hydrogens is 464 g/mol. The highest BCUT2D eigenvalue weighted by molar-refractivity contribution is 5.95. The summed E-state index contributed by atoms with van der Waals surface area (Å²) in [6.07, 6.45) is 2.37. The van der Waals surface area contributed by atoms with Gasteiger partial charge in [0.15, 0.2) is 0 Å². The maximum Gasteiger partial charge on any atom is 0.251 e. The van der Waals surface area contributed by atoms with Gasteiger partial charge in [0, 0.05) is 52.7 Å². The second-order valence-corrected chi connectivity index (χ2v) is 12.2. The minimum absolute atomic E-state index is 0.0605. The van der Waals surface area contributed by atoms with Gasteiger partial charge in [-0.1, -0.05) is 27.7 Å². The first-order valence-corrected chi connectivity index (χ1v) is 13.2. The summed E-state index contributed by atoms with van der Waals surface area (Å²) in [6.45, 7) is 12.9. The fourth-order valence-electron chi connectivity index (χ4n) is 7.03. The van der Waals surface area contributed by atoms with Crippen LogP contribution < -0.4 is 25.0 Å². The van der Waals surface area contributed by atoms with Crippen LogP contribution >= 0.6 is 0 Å². The van der Waals surface area contributed by atoms with Crippen molar-refractivity contribution in [2.45, 2.75) is 52.7 Å². The minimum Gasteiger partial charge on any atom is -0.495 e. The van der Waals surface area contributed by atoms with Gasteiger partial charge >= 0.3 is 0 Å². The van der Waals surface area contributed by atoms with Crippen molar-refractivity contribution >= 4 is 11.6 Å². The number of rotatable bonds is 6. The molecule has 7 heteroatoms. The minimum atomic E-state index is -0.291. The highest BCUT2D eigenvalue weighted by Gasteiger charge is 2.64. The van der Waals surface area contributed by atoms with Gasteiger partial charge in [0.25, 0.3) is 5.91 Å². The van der Waals surface area contributed by atoms with E-state index in [2.05, 4.69) is 61.4 Å². The van der Waals surface area contributed by atoms with Crippen LogP contribution in [0.25, 0.3) is 0 Å². The third-order valence-corrected chi connectivity index (χ3v) is 8.87. The Morgan fingerprint density at radius 3 is 2.30 bits per heavy atom. The Labute approximate surface area is 220 Å². The molecule has 2 saturated heterocycles. The van der Waals surface area contributed by atoms with Gasteiger partial charge < -0.3 is 25.0 Å². The normalized spacial score (nSPS) is 24.8. The molecular formula is C30H38N4O3. The lowest BCUT2D eigenvalue weighted by molar-refractivity contribution is -0.164. The summed E-state index contributed by atoms with van der Waals surface area (Å²) >= 11 is 0. The van der Waals surface area contributed by atoms with E-state index in [1.54, 1.807) is 25.3 Å². The number of nitrogens with one attached hydrogen (secondary N) is 2. The van der Waals surface area contributed by atoms with Crippen LogP contribution in [0.4, 0.5) is 5.69 Å². The molecule has 2 N–H and O–H groups in total. The molecule has 2 aromatic carbocycles. The molecule has 1 aliphatic carbocycles. The molecule has 1 spiro atoms. The Balaban J connectivity index is 1.22. The zero-order valence-corrected chi connectivity index (χ0v) is 22.6. The molecule has 0 aromatic heterocycles. The highest BCUT2D eigenvalue weighted by Crippen LogP contribution is 2.55. The Hall–Kier alpha value is -3.24. The van der Waals surface area contributed by atoms with Crippen LogP contribution in [0.2, 0.25) is 0 Å². The van der Waals surface area contributed by atoms with Crippen molar-refractivity contribution in [2.24, 2.45) is 16.2 Å². The van der Waals surface area contributed by atoms with Gasteiger partial charge in [0.2, 0.25) is 0 Å². The van der Waals surface area contributed by atoms with Crippen LogP contribution in [0.1, 0.15) is 56.5 Å². The largest absolute Gasteiger partial charge is 0.495 e. The van der Waals surface area contributed by atoms with Crippen molar-refractivity contribution in [3.63, 3.8) is 0 Å². The molecule has 3 fully saturated rings. The van der Waals surface area contributed by atoms with Crippen LogP contribution in [0.15, 0.2) is 42.5 Å². The number of hydrogen-bond acceptors (Lipinski definition) is 6. The zero-order valence-electron chi connectivity index (χ0n) is 22.6. The average Bonchev–Trinajstić information content (AvgIpc) is 2.88. The number of nitrogens with zero attached hydrogens (tertiary/aromatic N) is 2. The third-order valence-electron chi connectivity index (χ3n) is 8.87. The first-order valence-electron chi connectivity index (χ1n) is 13.2. The number of methoxy groups -OCH3 is 1. The van der Waals surface area contributed by atoms with Gasteiger partial charge in [0.1, 0.15) is 23.7 Å². The summed E-state index contributed by atoms with van der Waals surface area (Å²) in [5.41, 5.74) is 2.23. The molecule has 7 nitrogen and oxygen atoms in total. The van der Waals surface area contributed by atoms with Gasteiger partial charge in [0.05, 0.1) is 12.7 Å². The predicted molar refractivity (Wildman–Crippen MR) is 144 cm³/mol. The number of anilines is 1.